The van der Waals surface area contributed by atoms with Gasteiger partial charge < -0.3 is 0 Å². The number of rotatable bonds is 5. The highest BCUT2D eigenvalue weighted by Gasteiger charge is 2.35. The van der Waals surface area contributed by atoms with E-state index in [1.807, 2.05) is 17.5 Å². The summed E-state index contributed by atoms with van der Waals surface area (Å²) in [4.78, 5) is 17.3. The number of hydrazone groups is 1. The molecule has 6 nitrogen and oxygen atoms in total. The van der Waals surface area contributed by atoms with E-state index < -0.39 is 17.8 Å². The maximum atomic E-state index is 13.2. The molecule has 0 aliphatic rings. The molecule has 30 heavy (non-hydrogen) atoms. The molecular formula is C19H12F3N5OS2. The first kappa shape index (κ1) is 20.0. The standard InChI is InChI=1S/C19H12F3N5OS2/c20-19(21,22)16-9-15(12-5-2-1-3-6-12)27(26-16)18-24-14(11-30-18)17(28)25-23-10-13-7-4-8-29-13/h1-11H,(H,25,28)/b23-10-. The number of hydrogen-bond donors (Lipinski definition) is 1. The molecule has 4 aromatic rings. The van der Waals surface area contributed by atoms with E-state index in [-0.39, 0.29) is 16.5 Å². The normalized spacial score (nSPS) is 11.8. The van der Waals surface area contributed by atoms with Crippen LogP contribution in [-0.2, 0) is 6.18 Å². The molecule has 0 saturated heterocycles. The number of carbonyl (C=O) groups excluding carboxylic acids is 1. The number of nitrogens with one attached hydrogen (secondary N) is 1. The Hall–Kier alpha value is -3.31. The van der Waals surface area contributed by atoms with Crippen molar-refractivity contribution in [2.45, 2.75) is 6.18 Å². The summed E-state index contributed by atoms with van der Waals surface area (Å²) in [6.45, 7) is 0. The monoisotopic (exact) mass is 447 g/mol. The molecular weight excluding hydrogens is 435 g/mol. The molecule has 0 aliphatic heterocycles. The molecule has 1 aromatic carbocycles. The smallest absolute Gasteiger partial charge is 0.266 e. The minimum Gasteiger partial charge on any atom is -0.266 e. The third-order valence-electron chi connectivity index (χ3n) is 3.88. The van der Waals surface area contributed by atoms with Crippen molar-refractivity contribution in [1.82, 2.24) is 20.2 Å². The van der Waals surface area contributed by atoms with E-state index in [0.29, 0.717) is 5.56 Å². The summed E-state index contributed by atoms with van der Waals surface area (Å²) in [5.41, 5.74) is 2.11. The van der Waals surface area contributed by atoms with Crippen molar-refractivity contribution in [3.05, 3.63) is 75.6 Å². The summed E-state index contributed by atoms with van der Waals surface area (Å²) in [5.74, 6) is -0.574. The fourth-order valence-electron chi connectivity index (χ4n) is 2.52. The van der Waals surface area contributed by atoms with E-state index in [9.17, 15) is 18.0 Å². The molecule has 0 radical (unpaired) electrons. The van der Waals surface area contributed by atoms with Crippen LogP contribution in [-0.4, -0.2) is 26.9 Å². The predicted octanol–water partition coefficient (Wildman–Crippen LogP) is 4.84. The van der Waals surface area contributed by atoms with E-state index in [2.05, 4.69) is 20.6 Å². The number of thiophene rings is 1. The van der Waals surface area contributed by atoms with Crippen LogP contribution in [0.25, 0.3) is 16.4 Å². The number of nitrogens with zero attached hydrogens (tertiary/aromatic N) is 4. The van der Waals surface area contributed by atoms with Crippen LogP contribution in [0.2, 0.25) is 0 Å². The minimum atomic E-state index is -4.61. The Bertz CT molecular complexity index is 1180. The Balaban J connectivity index is 1.62. The molecule has 0 fully saturated rings. The van der Waals surface area contributed by atoms with Crippen LogP contribution in [0, 0.1) is 0 Å². The van der Waals surface area contributed by atoms with Gasteiger partial charge in [-0.05, 0) is 17.5 Å². The van der Waals surface area contributed by atoms with Crippen LogP contribution in [0.4, 0.5) is 13.2 Å². The first-order valence-electron chi connectivity index (χ1n) is 8.47. The molecule has 11 heteroatoms. The zero-order valence-electron chi connectivity index (χ0n) is 15.0. The lowest BCUT2D eigenvalue weighted by molar-refractivity contribution is -0.141. The molecule has 3 heterocycles. The van der Waals surface area contributed by atoms with Gasteiger partial charge in [0.05, 0.1) is 11.9 Å². The lowest BCUT2D eigenvalue weighted by Crippen LogP contribution is -2.18. The average molecular weight is 447 g/mol. The van der Waals surface area contributed by atoms with E-state index in [0.717, 1.165) is 27.0 Å². The van der Waals surface area contributed by atoms with Gasteiger partial charge in [0.15, 0.2) is 5.69 Å². The Labute approximate surface area is 176 Å². The Morgan fingerprint density at radius 3 is 2.63 bits per heavy atom. The number of alkyl halides is 3. The number of hydrogen-bond acceptors (Lipinski definition) is 6. The number of halogens is 3. The molecule has 0 bridgehead atoms. The van der Waals surface area contributed by atoms with Crippen molar-refractivity contribution in [1.29, 1.82) is 0 Å². The summed E-state index contributed by atoms with van der Waals surface area (Å²) in [6.07, 6.45) is -3.12. The summed E-state index contributed by atoms with van der Waals surface area (Å²) in [7, 11) is 0. The van der Waals surface area contributed by atoms with Crippen molar-refractivity contribution >= 4 is 34.8 Å². The lowest BCUT2D eigenvalue weighted by atomic mass is 10.1. The molecule has 3 aromatic heterocycles. The quantitative estimate of drug-likeness (QED) is 0.352. The van der Waals surface area contributed by atoms with Crippen molar-refractivity contribution in [3.63, 3.8) is 0 Å². The average Bonchev–Trinajstić information content (AvgIpc) is 3.47. The second kappa shape index (κ2) is 8.20. The highest BCUT2D eigenvalue weighted by atomic mass is 32.1. The maximum absolute atomic E-state index is 13.2. The largest absolute Gasteiger partial charge is 0.435 e. The summed E-state index contributed by atoms with van der Waals surface area (Å²) in [5, 5.41) is 11.0. The second-order valence-corrected chi connectivity index (χ2v) is 7.74. The minimum absolute atomic E-state index is 0.0291. The third kappa shape index (κ3) is 4.31. The van der Waals surface area contributed by atoms with Gasteiger partial charge in [0.2, 0.25) is 5.13 Å². The zero-order valence-corrected chi connectivity index (χ0v) is 16.6. The van der Waals surface area contributed by atoms with Gasteiger partial charge in [-0.3, -0.25) is 4.79 Å². The number of thiazole rings is 1. The van der Waals surface area contributed by atoms with Crippen molar-refractivity contribution < 1.29 is 18.0 Å². The Kier molecular flexibility index (Phi) is 5.46. The first-order chi connectivity index (χ1) is 14.4. The summed E-state index contributed by atoms with van der Waals surface area (Å²) < 4.78 is 40.8. The van der Waals surface area contributed by atoms with Crippen molar-refractivity contribution in [2.75, 3.05) is 0 Å². The van der Waals surface area contributed by atoms with Gasteiger partial charge in [0, 0.05) is 15.8 Å². The Morgan fingerprint density at radius 2 is 1.93 bits per heavy atom. The lowest BCUT2D eigenvalue weighted by Gasteiger charge is -2.03. The van der Waals surface area contributed by atoms with E-state index in [1.165, 1.54) is 22.9 Å². The van der Waals surface area contributed by atoms with Gasteiger partial charge >= 0.3 is 6.18 Å². The number of aromatic nitrogens is 3. The molecule has 1 N–H and O–H groups in total. The molecule has 4 rings (SSSR count). The highest BCUT2D eigenvalue weighted by molar-refractivity contribution is 7.12. The maximum Gasteiger partial charge on any atom is 0.435 e. The van der Waals surface area contributed by atoms with E-state index >= 15 is 0 Å². The Morgan fingerprint density at radius 1 is 1.13 bits per heavy atom. The molecule has 1 amide bonds. The molecule has 0 saturated carbocycles. The van der Waals surface area contributed by atoms with Crippen LogP contribution >= 0.6 is 22.7 Å². The number of carbonyl (C=O) groups is 1. The molecule has 0 aliphatic carbocycles. The topological polar surface area (TPSA) is 72.2 Å². The molecule has 0 atom stereocenters. The van der Waals surface area contributed by atoms with Crippen LogP contribution in [0.1, 0.15) is 21.1 Å². The molecule has 0 spiro atoms. The van der Waals surface area contributed by atoms with Crippen molar-refractivity contribution in [2.24, 2.45) is 5.10 Å². The third-order valence-corrected chi connectivity index (χ3v) is 5.50. The molecule has 0 unspecified atom stereocenters. The predicted molar refractivity (Wildman–Crippen MR) is 109 cm³/mol. The highest BCUT2D eigenvalue weighted by Crippen LogP contribution is 2.33. The fraction of sp³-hybridized carbons (Fsp3) is 0.0526. The van der Waals surface area contributed by atoms with E-state index in [1.54, 1.807) is 30.3 Å². The summed E-state index contributed by atoms with van der Waals surface area (Å²) >= 11 is 2.46. The van der Waals surface area contributed by atoms with Crippen molar-refractivity contribution in [3.8, 4) is 16.4 Å². The van der Waals surface area contributed by atoms with Gasteiger partial charge in [-0.1, -0.05) is 36.4 Å². The van der Waals surface area contributed by atoms with Crippen LogP contribution in [0.3, 0.4) is 0 Å². The number of amides is 1. The van der Waals surface area contributed by atoms with Crippen LogP contribution < -0.4 is 5.43 Å². The van der Waals surface area contributed by atoms with Gasteiger partial charge in [0.25, 0.3) is 5.91 Å². The van der Waals surface area contributed by atoms with Gasteiger partial charge in [-0.25, -0.2) is 15.1 Å². The SMILES string of the molecule is O=C(N/N=C\c1cccs1)c1csc(-n2nc(C(F)(F)F)cc2-c2ccccc2)n1. The summed E-state index contributed by atoms with van der Waals surface area (Å²) in [6, 6.07) is 13.2. The fourth-order valence-corrected chi connectivity index (χ4v) is 3.87. The van der Waals surface area contributed by atoms with Gasteiger partial charge in [0.1, 0.15) is 5.69 Å². The second-order valence-electron chi connectivity index (χ2n) is 5.92. The molecule has 152 valence electrons. The van der Waals surface area contributed by atoms with Gasteiger partial charge in [-0.2, -0.15) is 23.4 Å². The number of benzene rings is 1. The first-order valence-corrected chi connectivity index (χ1v) is 10.2. The van der Waals surface area contributed by atoms with Crippen LogP contribution in [0.15, 0.2) is 64.4 Å². The van der Waals surface area contributed by atoms with Crippen LogP contribution in [0.5, 0.6) is 0 Å². The zero-order chi connectivity index (χ0) is 21.1. The van der Waals surface area contributed by atoms with E-state index in [4.69, 9.17) is 0 Å². The van der Waals surface area contributed by atoms with Gasteiger partial charge in [-0.15, -0.1) is 22.7 Å².